The highest BCUT2D eigenvalue weighted by molar-refractivity contribution is 14.0. The van der Waals surface area contributed by atoms with Crippen molar-refractivity contribution >= 4 is 35.8 Å². The number of halogens is 4. The van der Waals surface area contributed by atoms with Gasteiger partial charge >= 0.3 is 6.18 Å². The number of rotatable bonds is 6. The Morgan fingerprint density at radius 1 is 1.16 bits per heavy atom. The molecular formula is C16H24F3IN4O. The van der Waals surface area contributed by atoms with Crippen LogP contribution in [0.5, 0.6) is 0 Å². The maximum absolute atomic E-state index is 12.7. The van der Waals surface area contributed by atoms with Crippen LogP contribution >= 0.6 is 24.0 Å². The van der Waals surface area contributed by atoms with E-state index in [1.165, 1.54) is 6.07 Å². The molecule has 1 aromatic rings. The molecule has 142 valence electrons. The third kappa shape index (κ3) is 8.94. The zero-order valence-electron chi connectivity index (χ0n) is 14.4. The molecule has 25 heavy (non-hydrogen) atoms. The molecule has 0 unspecified atom stereocenters. The molecule has 0 fully saturated rings. The van der Waals surface area contributed by atoms with Crippen LogP contribution in [0, 0.1) is 5.92 Å². The first-order valence-electron chi connectivity index (χ1n) is 7.62. The van der Waals surface area contributed by atoms with Crippen LogP contribution in [0.25, 0.3) is 0 Å². The summed E-state index contributed by atoms with van der Waals surface area (Å²) < 4.78 is 38.0. The molecule has 0 aliphatic rings. The van der Waals surface area contributed by atoms with Crippen molar-refractivity contribution in [2.45, 2.75) is 26.6 Å². The first-order chi connectivity index (χ1) is 11.2. The zero-order valence-corrected chi connectivity index (χ0v) is 16.7. The van der Waals surface area contributed by atoms with Gasteiger partial charge in [0.2, 0.25) is 5.91 Å². The summed E-state index contributed by atoms with van der Waals surface area (Å²) in [5, 5.41) is 8.67. The van der Waals surface area contributed by atoms with Crippen molar-refractivity contribution in [3.63, 3.8) is 0 Å². The van der Waals surface area contributed by atoms with Gasteiger partial charge in [0.15, 0.2) is 5.96 Å². The highest BCUT2D eigenvalue weighted by Gasteiger charge is 2.30. The molecule has 0 radical (unpaired) electrons. The normalized spacial score (nSPS) is 11.7. The standard InChI is InChI=1S/C16H23F3N4O.HI/c1-11(2)14(24)21-7-8-22-15(20-3)23-10-12-5-4-6-13(9-12)16(17,18)19;/h4-6,9,11H,7-8,10H2,1-3H3,(H,21,24)(H2,20,22,23);1H. The summed E-state index contributed by atoms with van der Waals surface area (Å²) in [4.78, 5) is 15.4. The van der Waals surface area contributed by atoms with Crippen LogP contribution in [-0.4, -0.2) is 32.0 Å². The average Bonchev–Trinajstić information content (AvgIpc) is 2.53. The van der Waals surface area contributed by atoms with Crippen molar-refractivity contribution in [2.24, 2.45) is 10.9 Å². The first-order valence-corrected chi connectivity index (χ1v) is 7.62. The van der Waals surface area contributed by atoms with Gasteiger partial charge in [-0.3, -0.25) is 9.79 Å². The van der Waals surface area contributed by atoms with Gasteiger partial charge < -0.3 is 16.0 Å². The second-order valence-electron chi connectivity index (χ2n) is 5.50. The van der Waals surface area contributed by atoms with Crippen LogP contribution in [0.4, 0.5) is 13.2 Å². The molecule has 1 rings (SSSR count). The molecular weight excluding hydrogens is 448 g/mol. The van der Waals surface area contributed by atoms with E-state index in [0.717, 1.165) is 12.1 Å². The molecule has 0 saturated carbocycles. The van der Waals surface area contributed by atoms with Crippen molar-refractivity contribution in [3.05, 3.63) is 35.4 Å². The van der Waals surface area contributed by atoms with E-state index in [-0.39, 0.29) is 42.3 Å². The molecule has 0 aliphatic heterocycles. The van der Waals surface area contributed by atoms with Crippen molar-refractivity contribution in [2.75, 3.05) is 20.1 Å². The molecule has 1 aromatic carbocycles. The number of carbonyl (C=O) groups is 1. The van der Waals surface area contributed by atoms with Crippen molar-refractivity contribution in [1.29, 1.82) is 0 Å². The van der Waals surface area contributed by atoms with Crippen molar-refractivity contribution in [3.8, 4) is 0 Å². The molecule has 1 amide bonds. The second kappa shape index (κ2) is 11.2. The van der Waals surface area contributed by atoms with E-state index in [0.29, 0.717) is 24.6 Å². The Morgan fingerprint density at radius 3 is 2.36 bits per heavy atom. The Bertz CT molecular complexity index is 577. The number of nitrogens with zero attached hydrogens (tertiary/aromatic N) is 1. The van der Waals surface area contributed by atoms with Gasteiger partial charge in [0.1, 0.15) is 0 Å². The monoisotopic (exact) mass is 472 g/mol. The largest absolute Gasteiger partial charge is 0.416 e. The van der Waals surface area contributed by atoms with E-state index in [1.807, 2.05) is 0 Å². The number of nitrogens with one attached hydrogen (secondary N) is 3. The quantitative estimate of drug-likeness (QED) is 0.258. The minimum absolute atomic E-state index is 0. The number of aliphatic imine (C=N–C) groups is 1. The molecule has 0 atom stereocenters. The van der Waals surface area contributed by atoms with E-state index >= 15 is 0 Å². The summed E-state index contributed by atoms with van der Waals surface area (Å²) in [5.74, 6) is 0.332. The molecule has 0 aliphatic carbocycles. The van der Waals surface area contributed by atoms with Crippen LogP contribution in [0.3, 0.4) is 0 Å². The summed E-state index contributed by atoms with van der Waals surface area (Å²) in [5.41, 5.74) is -0.179. The summed E-state index contributed by atoms with van der Waals surface area (Å²) in [6, 6.07) is 5.12. The van der Waals surface area contributed by atoms with Crippen LogP contribution in [0.1, 0.15) is 25.0 Å². The summed E-state index contributed by atoms with van der Waals surface area (Å²) in [6.07, 6.45) is -4.36. The predicted octanol–water partition coefficient (Wildman–Crippen LogP) is 2.76. The van der Waals surface area contributed by atoms with Gasteiger partial charge in [0.25, 0.3) is 0 Å². The molecule has 0 saturated heterocycles. The van der Waals surface area contributed by atoms with Gasteiger partial charge in [-0.25, -0.2) is 0 Å². The Hall–Kier alpha value is -1.52. The number of guanidine groups is 1. The highest BCUT2D eigenvalue weighted by atomic mass is 127. The lowest BCUT2D eigenvalue weighted by Crippen LogP contribution is -2.41. The van der Waals surface area contributed by atoms with Crippen LogP contribution in [0.2, 0.25) is 0 Å². The molecule has 0 bridgehead atoms. The number of amides is 1. The van der Waals surface area contributed by atoms with E-state index in [1.54, 1.807) is 27.0 Å². The van der Waals surface area contributed by atoms with Gasteiger partial charge in [0, 0.05) is 32.6 Å². The second-order valence-corrected chi connectivity index (χ2v) is 5.50. The molecule has 0 heterocycles. The number of carbonyl (C=O) groups excluding carboxylic acids is 1. The molecule has 0 aromatic heterocycles. The zero-order chi connectivity index (χ0) is 18.2. The lowest BCUT2D eigenvalue weighted by Gasteiger charge is -2.14. The maximum Gasteiger partial charge on any atom is 0.416 e. The number of benzene rings is 1. The van der Waals surface area contributed by atoms with Crippen molar-refractivity contribution < 1.29 is 18.0 Å². The lowest BCUT2D eigenvalue weighted by atomic mass is 10.1. The fraction of sp³-hybridized carbons (Fsp3) is 0.500. The van der Waals surface area contributed by atoms with Gasteiger partial charge in [-0.05, 0) is 17.7 Å². The third-order valence-corrected chi connectivity index (χ3v) is 3.18. The predicted molar refractivity (Wildman–Crippen MR) is 103 cm³/mol. The van der Waals surface area contributed by atoms with Gasteiger partial charge in [-0.15, -0.1) is 24.0 Å². The number of alkyl halides is 3. The van der Waals surface area contributed by atoms with Gasteiger partial charge in [0.05, 0.1) is 5.56 Å². The molecule has 9 heteroatoms. The van der Waals surface area contributed by atoms with Gasteiger partial charge in [-0.1, -0.05) is 26.0 Å². The summed E-state index contributed by atoms with van der Waals surface area (Å²) in [6.45, 7) is 4.71. The Labute approximate surface area is 162 Å². The molecule has 3 N–H and O–H groups in total. The molecule has 5 nitrogen and oxygen atoms in total. The van der Waals surface area contributed by atoms with E-state index in [9.17, 15) is 18.0 Å². The third-order valence-electron chi connectivity index (χ3n) is 3.18. The summed E-state index contributed by atoms with van der Waals surface area (Å²) >= 11 is 0. The average molecular weight is 472 g/mol. The van der Waals surface area contributed by atoms with E-state index in [4.69, 9.17) is 0 Å². The van der Waals surface area contributed by atoms with E-state index < -0.39 is 11.7 Å². The number of hydrogen-bond acceptors (Lipinski definition) is 2. The van der Waals surface area contributed by atoms with Crippen LogP contribution in [-0.2, 0) is 17.5 Å². The Kier molecular flexibility index (Phi) is 10.5. The minimum Gasteiger partial charge on any atom is -0.355 e. The summed E-state index contributed by atoms with van der Waals surface area (Å²) in [7, 11) is 1.56. The topological polar surface area (TPSA) is 65.5 Å². The highest BCUT2D eigenvalue weighted by Crippen LogP contribution is 2.29. The maximum atomic E-state index is 12.7. The van der Waals surface area contributed by atoms with Gasteiger partial charge in [-0.2, -0.15) is 13.2 Å². The minimum atomic E-state index is -4.36. The fourth-order valence-electron chi connectivity index (χ4n) is 1.83. The Morgan fingerprint density at radius 2 is 1.80 bits per heavy atom. The number of hydrogen-bond donors (Lipinski definition) is 3. The first kappa shape index (κ1) is 23.5. The smallest absolute Gasteiger partial charge is 0.355 e. The van der Waals surface area contributed by atoms with Crippen LogP contribution < -0.4 is 16.0 Å². The van der Waals surface area contributed by atoms with Crippen molar-refractivity contribution in [1.82, 2.24) is 16.0 Å². The Balaban J connectivity index is 0.00000576. The lowest BCUT2D eigenvalue weighted by molar-refractivity contribution is -0.137. The fourth-order valence-corrected chi connectivity index (χ4v) is 1.83. The molecule has 0 spiro atoms. The van der Waals surface area contributed by atoms with Crippen LogP contribution in [0.15, 0.2) is 29.3 Å². The van der Waals surface area contributed by atoms with E-state index in [2.05, 4.69) is 20.9 Å². The SMILES string of the molecule is CN=C(NCCNC(=O)C(C)C)NCc1cccc(C(F)(F)F)c1.I.